The number of nitrogens with zero attached hydrogens (tertiary/aromatic N) is 3. The maximum Gasteiger partial charge on any atom is 0.260 e. The van der Waals surface area contributed by atoms with Gasteiger partial charge in [0.1, 0.15) is 6.10 Å². The van der Waals surface area contributed by atoms with Crippen molar-refractivity contribution in [2.24, 2.45) is 10.9 Å². The summed E-state index contributed by atoms with van der Waals surface area (Å²) in [6.45, 7) is 0.377. The second kappa shape index (κ2) is 4.92. The normalized spacial score (nSPS) is 23.1. The van der Waals surface area contributed by atoms with Crippen LogP contribution < -0.4 is 5.73 Å². The zero-order valence-electron chi connectivity index (χ0n) is 9.35. The van der Waals surface area contributed by atoms with Crippen LogP contribution in [0.1, 0.15) is 0 Å². The van der Waals surface area contributed by atoms with Crippen molar-refractivity contribution in [2.45, 2.75) is 11.1 Å². The van der Waals surface area contributed by atoms with Crippen LogP contribution in [0.25, 0.3) is 0 Å². The number of nitrogens with two attached hydrogens (primary N) is 1. The van der Waals surface area contributed by atoms with Crippen LogP contribution in [0.15, 0.2) is 22.7 Å². The maximum atomic E-state index is 12.2. The van der Waals surface area contributed by atoms with E-state index in [2.05, 4.69) is 15.1 Å². The number of ether oxygens (including phenoxy) is 1. The molecule has 0 bridgehead atoms. The van der Waals surface area contributed by atoms with E-state index in [-0.39, 0.29) is 30.6 Å². The molecule has 2 heterocycles. The highest BCUT2D eigenvalue weighted by Crippen LogP contribution is 2.16. The fourth-order valence-electron chi connectivity index (χ4n) is 1.61. The highest BCUT2D eigenvalue weighted by molar-refractivity contribution is 7.89. The monoisotopic (exact) mass is 275 g/mol. The number of amidine groups is 1. The van der Waals surface area contributed by atoms with Crippen molar-refractivity contribution in [2.75, 3.05) is 19.7 Å². The second-order valence-corrected chi connectivity index (χ2v) is 5.57. The van der Waals surface area contributed by atoms with E-state index in [0.717, 1.165) is 0 Å². The molecule has 10 heteroatoms. The van der Waals surface area contributed by atoms with Crippen molar-refractivity contribution in [1.29, 1.82) is 0 Å². The molecular weight excluding hydrogens is 262 g/mol. The summed E-state index contributed by atoms with van der Waals surface area (Å²) >= 11 is 0. The molecule has 1 aromatic rings. The van der Waals surface area contributed by atoms with Gasteiger partial charge in [-0.2, -0.15) is 4.31 Å². The molecule has 0 spiro atoms. The molecule has 0 aliphatic carbocycles. The topological polar surface area (TPSA) is 134 Å². The number of morpholine rings is 1. The quantitative estimate of drug-likeness (QED) is 0.267. The summed E-state index contributed by atoms with van der Waals surface area (Å²) in [6.07, 6.45) is 1.76. The summed E-state index contributed by atoms with van der Waals surface area (Å²) < 4.78 is 30.7. The summed E-state index contributed by atoms with van der Waals surface area (Å²) in [5.74, 6) is -0.153. The molecule has 0 saturated carbocycles. The molecule has 2 rings (SSSR count). The standard InChI is InChI=1S/C8H13N5O4S/c9-8(12-14)6-4-13(1-2-17-6)18(15,16)7-3-10-5-11-7/h3,5-6,14H,1-2,4H2,(H2,9,12)(H,10,11). The minimum atomic E-state index is -3.65. The third kappa shape index (κ3) is 2.30. The Hall–Kier alpha value is -1.65. The summed E-state index contributed by atoms with van der Waals surface area (Å²) in [6, 6.07) is 0. The number of hydrogen-bond donors (Lipinski definition) is 3. The van der Waals surface area contributed by atoms with Gasteiger partial charge in [-0.3, -0.25) is 0 Å². The van der Waals surface area contributed by atoms with Gasteiger partial charge in [0.05, 0.1) is 19.1 Å². The molecule has 1 unspecified atom stereocenters. The van der Waals surface area contributed by atoms with E-state index >= 15 is 0 Å². The molecule has 9 nitrogen and oxygen atoms in total. The lowest BCUT2D eigenvalue weighted by atomic mass is 10.3. The second-order valence-electron chi connectivity index (χ2n) is 3.66. The van der Waals surface area contributed by atoms with E-state index in [4.69, 9.17) is 15.7 Å². The van der Waals surface area contributed by atoms with Crippen LogP contribution in [0.2, 0.25) is 0 Å². The molecule has 0 aromatic carbocycles. The Bertz CT molecular complexity index is 526. The number of aromatic nitrogens is 2. The average molecular weight is 275 g/mol. The van der Waals surface area contributed by atoms with Crippen LogP contribution in [0.4, 0.5) is 0 Å². The van der Waals surface area contributed by atoms with Gasteiger partial charge in [-0.05, 0) is 0 Å². The highest BCUT2D eigenvalue weighted by Gasteiger charge is 2.33. The predicted molar refractivity (Wildman–Crippen MR) is 60.5 cm³/mol. The summed E-state index contributed by atoms with van der Waals surface area (Å²) in [5, 5.41) is 11.4. The van der Waals surface area contributed by atoms with Crippen molar-refractivity contribution in [3.05, 3.63) is 12.5 Å². The van der Waals surface area contributed by atoms with Gasteiger partial charge in [0.2, 0.25) is 0 Å². The third-order valence-corrected chi connectivity index (χ3v) is 4.36. The molecule has 1 aliphatic heterocycles. The van der Waals surface area contributed by atoms with E-state index in [1.54, 1.807) is 0 Å². The zero-order valence-corrected chi connectivity index (χ0v) is 10.2. The van der Waals surface area contributed by atoms with E-state index in [1.807, 2.05) is 0 Å². The third-order valence-electron chi connectivity index (χ3n) is 2.57. The van der Waals surface area contributed by atoms with Crippen LogP contribution in [-0.2, 0) is 14.8 Å². The Labute approximate surface area is 103 Å². The van der Waals surface area contributed by atoms with Crippen molar-refractivity contribution in [1.82, 2.24) is 14.3 Å². The highest BCUT2D eigenvalue weighted by atomic mass is 32.2. The molecule has 1 aromatic heterocycles. The van der Waals surface area contributed by atoms with Gasteiger partial charge in [-0.1, -0.05) is 5.16 Å². The SMILES string of the molecule is NC(=NO)C1CN(S(=O)(=O)c2cnc[nH]2)CCO1. The Balaban J connectivity index is 2.19. The first-order valence-electron chi connectivity index (χ1n) is 5.13. The van der Waals surface area contributed by atoms with Gasteiger partial charge < -0.3 is 20.7 Å². The Kier molecular flexibility index (Phi) is 3.50. The Morgan fingerprint density at radius 1 is 1.72 bits per heavy atom. The molecule has 1 atom stereocenters. The van der Waals surface area contributed by atoms with Crippen LogP contribution in [0, 0.1) is 0 Å². The minimum absolute atomic E-state index is 0.00246. The van der Waals surface area contributed by atoms with E-state index in [9.17, 15) is 8.42 Å². The van der Waals surface area contributed by atoms with Crippen molar-refractivity contribution < 1.29 is 18.4 Å². The zero-order chi connectivity index (χ0) is 13.2. The first-order valence-corrected chi connectivity index (χ1v) is 6.57. The number of rotatable bonds is 3. The van der Waals surface area contributed by atoms with Gasteiger partial charge in [0, 0.05) is 13.1 Å². The number of oxime groups is 1. The molecular formula is C8H13N5O4S. The fourth-order valence-corrected chi connectivity index (χ4v) is 2.93. The van der Waals surface area contributed by atoms with Crippen molar-refractivity contribution in [3.8, 4) is 0 Å². The van der Waals surface area contributed by atoms with Gasteiger partial charge in [-0.15, -0.1) is 0 Å². The lowest BCUT2D eigenvalue weighted by Gasteiger charge is -2.30. The fraction of sp³-hybridized carbons (Fsp3) is 0.500. The largest absolute Gasteiger partial charge is 0.409 e. The first-order chi connectivity index (χ1) is 8.55. The number of H-pyrrole nitrogens is 1. The molecule has 0 amide bonds. The van der Waals surface area contributed by atoms with Gasteiger partial charge >= 0.3 is 0 Å². The van der Waals surface area contributed by atoms with Crippen molar-refractivity contribution >= 4 is 15.9 Å². The molecule has 1 aliphatic rings. The predicted octanol–water partition coefficient (Wildman–Crippen LogP) is -1.45. The number of nitrogens with one attached hydrogen (secondary N) is 1. The summed E-state index contributed by atoms with van der Waals surface area (Å²) in [5.41, 5.74) is 5.41. The first kappa shape index (κ1) is 12.8. The lowest BCUT2D eigenvalue weighted by molar-refractivity contribution is 0.0354. The van der Waals surface area contributed by atoms with Crippen LogP contribution in [0.3, 0.4) is 0 Å². The number of imidazole rings is 1. The lowest BCUT2D eigenvalue weighted by Crippen LogP contribution is -2.50. The molecule has 4 N–H and O–H groups in total. The number of sulfonamides is 1. The van der Waals surface area contributed by atoms with Gasteiger partial charge in [0.25, 0.3) is 10.0 Å². The van der Waals surface area contributed by atoms with E-state index < -0.39 is 16.1 Å². The van der Waals surface area contributed by atoms with Crippen molar-refractivity contribution in [3.63, 3.8) is 0 Å². The number of aromatic amines is 1. The molecule has 0 radical (unpaired) electrons. The van der Waals surface area contributed by atoms with Gasteiger partial charge in [-0.25, -0.2) is 13.4 Å². The average Bonchev–Trinajstić information content (AvgIpc) is 2.92. The number of hydrogen-bond acceptors (Lipinski definition) is 6. The molecule has 100 valence electrons. The van der Waals surface area contributed by atoms with Gasteiger partial charge in [0.15, 0.2) is 10.9 Å². The summed E-state index contributed by atoms with van der Waals surface area (Å²) in [4.78, 5) is 6.21. The minimum Gasteiger partial charge on any atom is -0.409 e. The van der Waals surface area contributed by atoms with Crippen LogP contribution in [0.5, 0.6) is 0 Å². The molecule has 18 heavy (non-hydrogen) atoms. The van der Waals surface area contributed by atoms with E-state index in [0.29, 0.717) is 0 Å². The molecule has 1 saturated heterocycles. The van der Waals surface area contributed by atoms with E-state index in [1.165, 1.54) is 16.8 Å². The Morgan fingerprint density at radius 3 is 3.11 bits per heavy atom. The Morgan fingerprint density at radius 2 is 2.50 bits per heavy atom. The van der Waals surface area contributed by atoms with Crippen LogP contribution >= 0.6 is 0 Å². The molecule has 1 fully saturated rings. The summed E-state index contributed by atoms with van der Waals surface area (Å²) in [7, 11) is -3.65. The maximum absolute atomic E-state index is 12.2. The van der Waals surface area contributed by atoms with Crippen LogP contribution in [-0.4, -0.2) is 59.5 Å². The smallest absolute Gasteiger partial charge is 0.260 e.